The van der Waals surface area contributed by atoms with Crippen molar-refractivity contribution < 1.29 is 15.0 Å². The van der Waals surface area contributed by atoms with Crippen LogP contribution >= 0.6 is 0 Å². The fourth-order valence-electron chi connectivity index (χ4n) is 4.22. The fraction of sp³-hybridized carbons (Fsp3) is 0.440. The fourth-order valence-corrected chi connectivity index (χ4v) is 4.22. The van der Waals surface area contributed by atoms with E-state index in [1.54, 1.807) is 6.08 Å². The van der Waals surface area contributed by atoms with Crippen LogP contribution < -0.4 is 4.90 Å². The highest BCUT2D eigenvalue weighted by Crippen LogP contribution is 2.33. The first-order valence-electron chi connectivity index (χ1n) is 10.8. The number of nitrogens with zero attached hydrogens (tertiary/aromatic N) is 2. The molecule has 0 amide bonds. The molecule has 1 aliphatic heterocycles. The number of hydrogen-bond donors (Lipinski definition) is 2. The molecule has 5 heteroatoms. The van der Waals surface area contributed by atoms with Crippen LogP contribution in [0.5, 0.6) is 0 Å². The van der Waals surface area contributed by atoms with E-state index in [0.29, 0.717) is 6.04 Å². The maximum Gasteiger partial charge on any atom is 0.173 e. The largest absolute Gasteiger partial charge is 0.394 e. The van der Waals surface area contributed by atoms with Gasteiger partial charge >= 0.3 is 0 Å². The van der Waals surface area contributed by atoms with Gasteiger partial charge in [-0.15, -0.1) is 0 Å². The van der Waals surface area contributed by atoms with E-state index in [0.717, 1.165) is 29.3 Å². The summed E-state index contributed by atoms with van der Waals surface area (Å²) in [5.74, 6) is -0.319. The van der Waals surface area contributed by atoms with Gasteiger partial charge in [0.25, 0.3) is 0 Å². The average molecular weight is 407 g/mol. The highest BCUT2D eigenvalue weighted by Gasteiger charge is 2.22. The maximum absolute atomic E-state index is 12.4. The summed E-state index contributed by atoms with van der Waals surface area (Å²) in [5, 5.41) is 30.1. The Kier molecular flexibility index (Phi) is 7.62. The molecule has 2 unspecified atom stereocenters. The molecule has 0 aliphatic carbocycles. The van der Waals surface area contributed by atoms with Gasteiger partial charge in [0.05, 0.1) is 18.3 Å². The minimum absolute atomic E-state index is 0.0336. The second-order valence-corrected chi connectivity index (χ2v) is 7.98. The summed E-state index contributed by atoms with van der Waals surface area (Å²) < 4.78 is 0. The highest BCUT2D eigenvalue weighted by atomic mass is 16.3. The number of anilines is 1. The van der Waals surface area contributed by atoms with E-state index in [9.17, 15) is 15.2 Å². The van der Waals surface area contributed by atoms with Crippen LogP contribution in [0.1, 0.15) is 51.0 Å². The molecule has 1 heterocycles. The minimum Gasteiger partial charge on any atom is -0.394 e. The molecule has 30 heavy (non-hydrogen) atoms. The molecule has 0 bridgehead atoms. The van der Waals surface area contributed by atoms with Crippen molar-refractivity contribution in [2.75, 3.05) is 18.1 Å². The molecule has 2 aromatic rings. The predicted molar refractivity (Wildman–Crippen MR) is 120 cm³/mol. The van der Waals surface area contributed by atoms with E-state index < -0.39 is 6.10 Å². The number of nitriles is 1. The van der Waals surface area contributed by atoms with Gasteiger partial charge < -0.3 is 15.1 Å². The van der Waals surface area contributed by atoms with E-state index in [2.05, 4.69) is 36.1 Å². The number of piperidine rings is 1. The Morgan fingerprint density at radius 3 is 2.90 bits per heavy atom. The molecule has 0 radical (unpaired) electrons. The standard InChI is InChI=1S/C25H30N2O3/c1-2-21-7-3-4-13-27(21)24-8-5-6-19-10-9-18(15-23(19)24)14-20(16-26)25(30)12-11-22(29)17-28/h5-6,8-10,14-15,21-22,28-29H,2-4,7,11-13,17H2,1H3/b20-14+. The van der Waals surface area contributed by atoms with Crippen molar-refractivity contribution in [3.05, 3.63) is 47.5 Å². The van der Waals surface area contributed by atoms with Crippen LogP contribution in [-0.4, -0.2) is 41.3 Å². The number of fused-ring (bicyclic) bond motifs is 1. The predicted octanol–water partition coefficient (Wildman–Crippen LogP) is 4.22. The molecular formula is C25H30N2O3. The molecule has 1 saturated heterocycles. The number of carbonyl (C=O) groups is 1. The number of aliphatic hydroxyl groups is 2. The molecule has 2 atom stereocenters. The summed E-state index contributed by atoms with van der Waals surface area (Å²) in [6.07, 6.45) is 5.65. The van der Waals surface area contributed by atoms with Crippen molar-refractivity contribution in [1.82, 2.24) is 0 Å². The Morgan fingerprint density at radius 2 is 2.17 bits per heavy atom. The van der Waals surface area contributed by atoms with Crippen LogP contribution in [0.25, 0.3) is 16.8 Å². The van der Waals surface area contributed by atoms with Gasteiger partial charge in [0.1, 0.15) is 6.07 Å². The molecule has 158 valence electrons. The van der Waals surface area contributed by atoms with E-state index >= 15 is 0 Å². The third-order valence-electron chi connectivity index (χ3n) is 5.94. The smallest absolute Gasteiger partial charge is 0.173 e. The molecule has 0 saturated carbocycles. The van der Waals surface area contributed by atoms with Crippen molar-refractivity contribution in [3.63, 3.8) is 0 Å². The van der Waals surface area contributed by atoms with Crippen LogP contribution in [0.2, 0.25) is 0 Å². The summed E-state index contributed by atoms with van der Waals surface area (Å²) in [7, 11) is 0. The number of aliphatic hydroxyl groups excluding tert-OH is 2. The number of benzene rings is 2. The summed E-state index contributed by atoms with van der Waals surface area (Å²) in [6.45, 7) is 2.90. The second-order valence-electron chi connectivity index (χ2n) is 7.98. The lowest BCUT2D eigenvalue weighted by Gasteiger charge is -2.38. The van der Waals surface area contributed by atoms with Crippen LogP contribution in [-0.2, 0) is 4.79 Å². The topological polar surface area (TPSA) is 84.6 Å². The summed E-state index contributed by atoms with van der Waals surface area (Å²) in [6, 6.07) is 14.9. The first-order valence-corrected chi connectivity index (χ1v) is 10.8. The number of carbonyl (C=O) groups excluding carboxylic acids is 1. The molecule has 1 aliphatic rings. The van der Waals surface area contributed by atoms with Gasteiger partial charge in [0.15, 0.2) is 5.78 Å². The Bertz CT molecular complexity index is 961. The molecule has 2 aromatic carbocycles. The second kappa shape index (κ2) is 10.4. The summed E-state index contributed by atoms with van der Waals surface area (Å²) >= 11 is 0. The first kappa shape index (κ1) is 22.0. The van der Waals surface area contributed by atoms with Crippen molar-refractivity contribution in [1.29, 1.82) is 5.26 Å². The van der Waals surface area contributed by atoms with Gasteiger partial charge in [-0.05, 0) is 61.3 Å². The van der Waals surface area contributed by atoms with E-state index in [4.69, 9.17) is 5.11 Å². The minimum atomic E-state index is -0.937. The lowest BCUT2D eigenvalue weighted by atomic mass is 9.96. The molecule has 0 aromatic heterocycles. The van der Waals surface area contributed by atoms with Gasteiger partial charge in [-0.25, -0.2) is 0 Å². The Hall–Kier alpha value is -2.68. The normalized spacial score (nSPS) is 18.3. The average Bonchev–Trinajstić information content (AvgIpc) is 2.80. The SMILES string of the molecule is CCC1CCCCN1c1cccc2ccc(/C=C(\C#N)C(=O)CCC(O)CO)cc12. The Morgan fingerprint density at radius 1 is 1.33 bits per heavy atom. The summed E-state index contributed by atoms with van der Waals surface area (Å²) in [5.41, 5.74) is 2.10. The number of Topliss-reactive ketones (excluding diaryl/α,β-unsaturated/α-hetero) is 1. The van der Waals surface area contributed by atoms with Gasteiger partial charge in [0, 0.05) is 30.1 Å². The number of ketones is 1. The van der Waals surface area contributed by atoms with Crippen LogP contribution in [0.3, 0.4) is 0 Å². The third kappa shape index (κ3) is 5.08. The first-order chi connectivity index (χ1) is 14.6. The number of hydrogen-bond acceptors (Lipinski definition) is 5. The molecular weight excluding hydrogens is 376 g/mol. The zero-order valence-electron chi connectivity index (χ0n) is 17.6. The summed E-state index contributed by atoms with van der Waals surface area (Å²) in [4.78, 5) is 14.9. The van der Waals surface area contributed by atoms with E-state index in [1.165, 1.54) is 24.9 Å². The van der Waals surface area contributed by atoms with Gasteiger partial charge in [-0.3, -0.25) is 4.79 Å². The molecule has 1 fully saturated rings. The third-order valence-corrected chi connectivity index (χ3v) is 5.94. The molecule has 2 N–H and O–H groups in total. The van der Waals surface area contributed by atoms with Crippen molar-refractivity contribution in [2.45, 2.75) is 57.6 Å². The lowest BCUT2D eigenvalue weighted by molar-refractivity contribution is -0.115. The Labute approximate surface area is 178 Å². The van der Waals surface area contributed by atoms with Gasteiger partial charge in [0.2, 0.25) is 0 Å². The number of allylic oxidation sites excluding steroid dienone is 1. The maximum atomic E-state index is 12.4. The lowest BCUT2D eigenvalue weighted by Crippen LogP contribution is -2.39. The van der Waals surface area contributed by atoms with E-state index in [1.807, 2.05) is 18.2 Å². The number of rotatable bonds is 8. The zero-order chi connectivity index (χ0) is 21.5. The van der Waals surface area contributed by atoms with Crippen LogP contribution in [0.4, 0.5) is 5.69 Å². The van der Waals surface area contributed by atoms with Gasteiger partial charge in [-0.2, -0.15) is 5.26 Å². The van der Waals surface area contributed by atoms with Crippen molar-refractivity contribution in [2.24, 2.45) is 0 Å². The molecule has 5 nitrogen and oxygen atoms in total. The van der Waals surface area contributed by atoms with E-state index in [-0.39, 0.29) is 30.8 Å². The van der Waals surface area contributed by atoms with Crippen LogP contribution in [0, 0.1) is 11.3 Å². The van der Waals surface area contributed by atoms with Crippen molar-refractivity contribution in [3.8, 4) is 6.07 Å². The zero-order valence-corrected chi connectivity index (χ0v) is 17.6. The highest BCUT2D eigenvalue weighted by molar-refractivity contribution is 6.04. The monoisotopic (exact) mass is 406 g/mol. The van der Waals surface area contributed by atoms with Crippen molar-refractivity contribution >= 4 is 28.3 Å². The molecule has 0 spiro atoms. The Balaban J connectivity index is 1.93. The van der Waals surface area contributed by atoms with Crippen LogP contribution in [0.15, 0.2) is 42.0 Å². The quantitative estimate of drug-likeness (QED) is 0.506. The molecule has 3 rings (SSSR count). The van der Waals surface area contributed by atoms with Gasteiger partial charge in [-0.1, -0.05) is 31.2 Å².